The molecule has 4 unspecified atom stereocenters. The highest BCUT2D eigenvalue weighted by Gasteiger charge is 2.30. The summed E-state index contributed by atoms with van der Waals surface area (Å²) in [4.78, 5) is 72.0. The molecule has 0 spiro atoms. The predicted molar refractivity (Wildman–Crippen MR) is 317 cm³/mol. The maximum atomic E-state index is 12.9. The molecule has 0 aromatic heterocycles. The van der Waals surface area contributed by atoms with E-state index in [9.17, 15) is 43.2 Å². The van der Waals surface area contributed by atoms with Gasteiger partial charge in [-0.25, -0.2) is 9.13 Å². The van der Waals surface area contributed by atoms with Gasteiger partial charge in [-0.1, -0.05) is 247 Å². The van der Waals surface area contributed by atoms with E-state index in [1.54, 1.807) is 0 Å². The van der Waals surface area contributed by atoms with Crippen LogP contribution in [0.3, 0.4) is 0 Å². The Bertz CT molecular complexity index is 1590. The van der Waals surface area contributed by atoms with Crippen molar-refractivity contribution >= 4 is 39.5 Å². The molecule has 0 radical (unpaired) electrons. The third-order valence-corrected chi connectivity index (χ3v) is 16.6. The van der Waals surface area contributed by atoms with Crippen molar-refractivity contribution < 1.29 is 80.2 Å². The summed E-state index contributed by atoms with van der Waals surface area (Å²) >= 11 is 0. The largest absolute Gasteiger partial charge is 0.472 e. The Kier molecular flexibility index (Phi) is 52.5. The van der Waals surface area contributed by atoms with E-state index in [4.69, 9.17) is 37.0 Å². The first-order chi connectivity index (χ1) is 38.4. The highest BCUT2D eigenvalue weighted by atomic mass is 31.2. The molecular weight excluding hydrogens is 1070 g/mol. The molecule has 0 amide bonds. The van der Waals surface area contributed by atoms with Gasteiger partial charge < -0.3 is 33.8 Å². The molecule has 0 aliphatic heterocycles. The summed E-state index contributed by atoms with van der Waals surface area (Å²) in [6.45, 7) is 9.35. The van der Waals surface area contributed by atoms with Gasteiger partial charge in [-0.05, 0) is 37.5 Å². The Morgan fingerprint density at radius 1 is 0.350 bits per heavy atom. The second kappa shape index (κ2) is 53.8. The molecule has 0 saturated carbocycles. The van der Waals surface area contributed by atoms with Crippen LogP contribution < -0.4 is 0 Å². The van der Waals surface area contributed by atoms with E-state index in [-0.39, 0.29) is 25.7 Å². The molecule has 19 heteroatoms. The van der Waals surface area contributed by atoms with Crippen molar-refractivity contribution in [1.82, 2.24) is 0 Å². The number of unbranched alkanes of at least 4 members (excludes halogenated alkanes) is 28. The number of phosphoric ester groups is 2. The van der Waals surface area contributed by atoms with Crippen molar-refractivity contribution in [2.45, 2.75) is 317 Å². The summed E-state index contributed by atoms with van der Waals surface area (Å²) in [5, 5.41) is 10.5. The van der Waals surface area contributed by atoms with E-state index < -0.39 is 97.5 Å². The van der Waals surface area contributed by atoms with Gasteiger partial charge in [-0.15, -0.1) is 0 Å². The highest BCUT2D eigenvalue weighted by Crippen LogP contribution is 2.45. The van der Waals surface area contributed by atoms with Crippen LogP contribution in [0.1, 0.15) is 298 Å². The fraction of sp³-hybridized carbons (Fsp3) is 0.934. The van der Waals surface area contributed by atoms with Crippen LogP contribution in [0.4, 0.5) is 0 Å². The Morgan fingerprint density at radius 3 is 0.887 bits per heavy atom. The molecule has 3 N–H and O–H groups in total. The van der Waals surface area contributed by atoms with Crippen molar-refractivity contribution in [3.63, 3.8) is 0 Å². The SMILES string of the molecule is CCCCCCCCCCCCCCC(=O)O[C@H](COC(=O)CCCCCCCCC(C)CC)COP(=O)(O)OC[C@@H](O)COP(=O)(O)OC[C@@H](COC(=O)CCCCCCCCCC)OC(=O)CCCCCCCCC(C)CC. The van der Waals surface area contributed by atoms with E-state index in [2.05, 4.69) is 41.5 Å². The molecule has 0 saturated heterocycles. The molecule has 0 aliphatic rings. The zero-order valence-corrected chi connectivity index (χ0v) is 53.2. The maximum Gasteiger partial charge on any atom is 0.472 e. The normalized spacial score (nSPS) is 15.1. The number of phosphoric acid groups is 2. The van der Waals surface area contributed by atoms with Crippen LogP contribution in [0, 0.1) is 11.8 Å². The van der Waals surface area contributed by atoms with Gasteiger partial charge in [0, 0.05) is 25.7 Å². The first-order valence-corrected chi connectivity index (χ1v) is 35.1. The van der Waals surface area contributed by atoms with Gasteiger partial charge in [0.25, 0.3) is 0 Å². The number of rotatable bonds is 60. The molecule has 80 heavy (non-hydrogen) atoms. The average molecular weight is 1190 g/mol. The molecule has 7 atom stereocenters. The van der Waals surface area contributed by atoms with E-state index in [0.717, 1.165) is 115 Å². The quantitative estimate of drug-likeness (QED) is 0.0222. The van der Waals surface area contributed by atoms with Gasteiger partial charge in [0.2, 0.25) is 0 Å². The number of esters is 4. The Labute approximate surface area is 486 Å². The molecular formula is C61H118O17P2. The lowest BCUT2D eigenvalue weighted by Crippen LogP contribution is -2.30. The zero-order valence-electron chi connectivity index (χ0n) is 51.4. The van der Waals surface area contributed by atoms with Gasteiger partial charge in [-0.3, -0.25) is 37.3 Å². The fourth-order valence-electron chi connectivity index (χ4n) is 8.94. The van der Waals surface area contributed by atoms with Crippen LogP contribution in [-0.2, 0) is 65.4 Å². The second-order valence-electron chi connectivity index (χ2n) is 22.6. The van der Waals surface area contributed by atoms with Crippen LogP contribution >= 0.6 is 15.6 Å². The third kappa shape index (κ3) is 52.8. The zero-order chi connectivity index (χ0) is 59.4. The number of carbonyl (C=O) groups is 4. The number of ether oxygens (including phenoxy) is 4. The molecule has 0 aromatic carbocycles. The number of hydrogen-bond acceptors (Lipinski definition) is 15. The van der Waals surface area contributed by atoms with Crippen molar-refractivity contribution in [2.24, 2.45) is 11.8 Å². The molecule has 0 rings (SSSR count). The minimum atomic E-state index is -4.94. The lowest BCUT2D eigenvalue weighted by molar-refractivity contribution is -0.161. The van der Waals surface area contributed by atoms with Crippen LogP contribution in [-0.4, -0.2) is 96.7 Å². The molecule has 0 aromatic rings. The maximum absolute atomic E-state index is 12.9. The average Bonchev–Trinajstić information content (AvgIpc) is 3.43. The number of aliphatic hydroxyl groups is 1. The van der Waals surface area contributed by atoms with Gasteiger partial charge >= 0.3 is 39.5 Å². The van der Waals surface area contributed by atoms with Gasteiger partial charge in [-0.2, -0.15) is 0 Å². The Morgan fingerprint density at radius 2 is 0.600 bits per heavy atom. The van der Waals surface area contributed by atoms with E-state index in [1.165, 1.54) is 103 Å². The van der Waals surface area contributed by atoms with E-state index in [1.807, 2.05) is 0 Å². The van der Waals surface area contributed by atoms with Gasteiger partial charge in [0.15, 0.2) is 12.2 Å². The van der Waals surface area contributed by atoms with Crippen LogP contribution in [0.25, 0.3) is 0 Å². The van der Waals surface area contributed by atoms with Crippen molar-refractivity contribution in [1.29, 1.82) is 0 Å². The molecule has 0 bridgehead atoms. The predicted octanol–water partition coefficient (Wildman–Crippen LogP) is 16.5. The molecule has 0 heterocycles. The Hall–Kier alpha value is -1.94. The van der Waals surface area contributed by atoms with Crippen molar-refractivity contribution in [2.75, 3.05) is 39.6 Å². The summed E-state index contributed by atoms with van der Waals surface area (Å²) in [6, 6.07) is 0. The van der Waals surface area contributed by atoms with E-state index in [0.29, 0.717) is 25.7 Å². The summed E-state index contributed by atoms with van der Waals surface area (Å²) in [5.41, 5.74) is 0. The lowest BCUT2D eigenvalue weighted by atomic mass is 10.00. The molecule has 474 valence electrons. The molecule has 0 fully saturated rings. The van der Waals surface area contributed by atoms with Crippen LogP contribution in [0.2, 0.25) is 0 Å². The van der Waals surface area contributed by atoms with Gasteiger partial charge in [0.1, 0.15) is 19.3 Å². The minimum Gasteiger partial charge on any atom is -0.462 e. The van der Waals surface area contributed by atoms with Crippen LogP contribution in [0.15, 0.2) is 0 Å². The first-order valence-electron chi connectivity index (χ1n) is 32.1. The topological polar surface area (TPSA) is 237 Å². The fourth-order valence-corrected chi connectivity index (χ4v) is 10.5. The summed E-state index contributed by atoms with van der Waals surface area (Å²) in [6.07, 6.45) is 34.9. The molecule has 17 nitrogen and oxygen atoms in total. The smallest absolute Gasteiger partial charge is 0.462 e. The first kappa shape index (κ1) is 78.1. The van der Waals surface area contributed by atoms with Crippen molar-refractivity contribution in [3.8, 4) is 0 Å². The summed E-state index contributed by atoms with van der Waals surface area (Å²) in [5.74, 6) is -0.691. The summed E-state index contributed by atoms with van der Waals surface area (Å²) < 4.78 is 67.8. The summed E-state index contributed by atoms with van der Waals surface area (Å²) in [7, 11) is -9.88. The lowest BCUT2D eigenvalue weighted by Gasteiger charge is -2.21. The van der Waals surface area contributed by atoms with Gasteiger partial charge in [0.05, 0.1) is 26.4 Å². The van der Waals surface area contributed by atoms with E-state index >= 15 is 0 Å². The highest BCUT2D eigenvalue weighted by molar-refractivity contribution is 7.47. The van der Waals surface area contributed by atoms with Crippen LogP contribution in [0.5, 0.6) is 0 Å². The second-order valence-corrected chi connectivity index (χ2v) is 25.5. The Balaban J connectivity index is 5.24. The third-order valence-electron chi connectivity index (χ3n) is 14.7. The standard InChI is InChI=1S/C61H118O17P2/c1-7-11-13-15-17-19-20-21-22-24-33-39-45-60(65)77-56(50-72-59(64)44-38-32-27-25-29-35-41-53(5)9-3)51-75-79(67,68)73-47-55(62)48-74-80(69,70)76-52-57(49-71-58(63)43-37-31-23-18-16-14-12-8-2)78-61(66)46-40-34-28-26-30-36-42-54(6)10-4/h53-57,62H,7-52H2,1-6H3,(H,67,68)(H,69,70)/t53?,54?,55-,56-,57-/m1/s1. The monoisotopic (exact) mass is 1180 g/mol. The van der Waals surface area contributed by atoms with Crippen molar-refractivity contribution in [3.05, 3.63) is 0 Å². The number of carbonyl (C=O) groups excluding carboxylic acids is 4. The molecule has 0 aliphatic carbocycles. The number of hydrogen-bond donors (Lipinski definition) is 3. The number of aliphatic hydroxyl groups excluding tert-OH is 1. The minimum absolute atomic E-state index is 0.102.